The van der Waals surface area contributed by atoms with Gasteiger partial charge in [-0.2, -0.15) is 0 Å². The molecule has 1 N–H and O–H groups in total. The van der Waals surface area contributed by atoms with E-state index in [0.29, 0.717) is 6.54 Å². The third-order valence-corrected chi connectivity index (χ3v) is 2.52. The van der Waals surface area contributed by atoms with Gasteiger partial charge in [0.2, 0.25) is 5.91 Å². The summed E-state index contributed by atoms with van der Waals surface area (Å²) in [5, 5.41) is 3.11. The van der Waals surface area contributed by atoms with E-state index >= 15 is 0 Å². The van der Waals surface area contributed by atoms with Gasteiger partial charge in [-0.3, -0.25) is 15.0 Å². The fourth-order valence-corrected chi connectivity index (χ4v) is 1.70. The minimum absolute atomic E-state index is 0.102. The summed E-state index contributed by atoms with van der Waals surface area (Å²) in [4.78, 5) is 13.3. The molecule has 14 heavy (non-hydrogen) atoms. The first-order valence-corrected chi connectivity index (χ1v) is 4.80. The molecule has 3 nitrogen and oxygen atoms in total. The second kappa shape index (κ2) is 3.42. The fourth-order valence-electron chi connectivity index (χ4n) is 1.70. The fraction of sp³-hybridized carbons (Fsp3) is 0.364. The van der Waals surface area contributed by atoms with E-state index in [9.17, 15) is 4.79 Å². The van der Waals surface area contributed by atoms with Gasteiger partial charge in [0.25, 0.3) is 0 Å². The summed E-state index contributed by atoms with van der Waals surface area (Å²) in [6.45, 7) is 4.47. The Balaban J connectivity index is 2.30. The minimum Gasteiger partial charge on any atom is -0.296 e. The highest BCUT2D eigenvalue weighted by Crippen LogP contribution is 2.19. The summed E-state index contributed by atoms with van der Waals surface area (Å²) in [7, 11) is 0. The molecule has 3 heteroatoms. The van der Waals surface area contributed by atoms with Crippen LogP contribution in [-0.2, 0) is 4.79 Å². The number of hydrogen-bond donors (Lipinski definition) is 1. The average molecular weight is 190 g/mol. The largest absolute Gasteiger partial charge is 0.296 e. The van der Waals surface area contributed by atoms with Crippen LogP contribution in [0.25, 0.3) is 0 Å². The number of amides is 1. The van der Waals surface area contributed by atoms with Gasteiger partial charge in [-0.15, -0.1) is 0 Å². The highest BCUT2D eigenvalue weighted by atomic mass is 16.2. The van der Waals surface area contributed by atoms with Crippen LogP contribution in [0.4, 0.5) is 5.69 Å². The molecule has 1 fully saturated rings. The van der Waals surface area contributed by atoms with E-state index in [-0.39, 0.29) is 12.1 Å². The Bertz CT molecular complexity index is 345. The molecule has 1 aliphatic heterocycles. The van der Waals surface area contributed by atoms with Gasteiger partial charge < -0.3 is 0 Å². The number of benzene rings is 1. The number of carbonyl (C=O) groups excluding carboxylic acids is 1. The van der Waals surface area contributed by atoms with Crippen molar-refractivity contribution in [3.05, 3.63) is 29.8 Å². The van der Waals surface area contributed by atoms with Crippen LogP contribution >= 0.6 is 0 Å². The summed E-state index contributed by atoms with van der Waals surface area (Å²) in [5.41, 5.74) is 2.18. The monoisotopic (exact) mass is 190 g/mol. The first kappa shape index (κ1) is 9.21. The minimum atomic E-state index is 0.102. The van der Waals surface area contributed by atoms with Crippen molar-refractivity contribution in [3.8, 4) is 0 Å². The van der Waals surface area contributed by atoms with Crippen molar-refractivity contribution in [1.29, 1.82) is 0 Å². The molecule has 1 unspecified atom stereocenters. The second-order valence-corrected chi connectivity index (χ2v) is 3.66. The van der Waals surface area contributed by atoms with E-state index in [1.165, 1.54) is 5.56 Å². The van der Waals surface area contributed by atoms with Crippen molar-refractivity contribution in [2.24, 2.45) is 0 Å². The average Bonchev–Trinajstić information content (AvgIpc) is 2.49. The van der Waals surface area contributed by atoms with E-state index in [2.05, 4.69) is 5.32 Å². The molecule has 1 atom stereocenters. The maximum absolute atomic E-state index is 11.5. The van der Waals surface area contributed by atoms with Gasteiger partial charge in [-0.25, -0.2) is 0 Å². The molecule has 2 rings (SSSR count). The standard InChI is InChI=1S/C11H14N2O/c1-8-3-5-10(6-4-8)13-9(2)12-7-11(13)14/h3-6,9,12H,7H2,1-2H3. The van der Waals surface area contributed by atoms with E-state index in [1.54, 1.807) is 4.90 Å². The summed E-state index contributed by atoms with van der Waals surface area (Å²) < 4.78 is 0. The molecule has 1 amide bonds. The summed E-state index contributed by atoms with van der Waals surface area (Å²) in [6.07, 6.45) is 0.102. The third-order valence-electron chi connectivity index (χ3n) is 2.52. The summed E-state index contributed by atoms with van der Waals surface area (Å²) in [5.74, 6) is 0.140. The molecule has 0 aromatic heterocycles. The third kappa shape index (κ3) is 1.51. The van der Waals surface area contributed by atoms with Crippen molar-refractivity contribution in [1.82, 2.24) is 5.32 Å². The van der Waals surface area contributed by atoms with E-state index < -0.39 is 0 Å². The summed E-state index contributed by atoms with van der Waals surface area (Å²) >= 11 is 0. The Labute approximate surface area is 83.7 Å². The van der Waals surface area contributed by atoms with Crippen LogP contribution < -0.4 is 10.2 Å². The van der Waals surface area contributed by atoms with Gasteiger partial charge in [0, 0.05) is 5.69 Å². The number of rotatable bonds is 1. The predicted octanol–water partition coefficient (Wildman–Crippen LogP) is 1.28. The zero-order valence-electron chi connectivity index (χ0n) is 8.45. The lowest BCUT2D eigenvalue weighted by molar-refractivity contribution is -0.116. The molecular weight excluding hydrogens is 176 g/mol. The van der Waals surface area contributed by atoms with Crippen molar-refractivity contribution in [3.63, 3.8) is 0 Å². The van der Waals surface area contributed by atoms with Gasteiger partial charge in [0.15, 0.2) is 0 Å². The number of nitrogens with one attached hydrogen (secondary N) is 1. The van der Waals surface area contributed by atoms with Crippen LogP contribution in [-0.4, -0.2) is 18.6 Å². The van der Waals surface area contributed by atoms with Crippen LogP contribution in [0, 0.1) is 6.92 Å². The van der Waals surface area contributed by atoms with Crippen LogP contribution in [0.5, 0.6) is 0 Å². The Hall–Kier alpha value is -1.35. The normalized spacial score (nSPS) is 21.7. The summed E-state index contributed by atoms with van der Waals surface area (Å²) in [6, 6.07) is 8.01. The van der Waals surface area contributed by atoms with Crippen LogP contribution in [0.3, 0.4) is 0 Å². The van der Waals surface area contributed by atoms with Crippen LogP contribution in [0.1, 0.15) is 12.5 Å². The number of nitrogens with zero attached hydrogens (tertiary/aromatic N) is 1. The van der Waals surface area contributed by atoms with Crippen LogP contribution in [0.15, 0.2) is 24.3 Å². The Kier molecular flexibility index (Phi) is 2.25. The zero-order chi connectivity index (χ0) is 10.1. The van der Waals surface area contributed by atoms with E-state index in [0.717, 1.165) is 5.69 Å². The quantitative estimate of drug-likeness (QED) is 0.723. The van der Waals surface area contributed by atoms with Gasteiger partial charge in [-0.1, -0.05) is 17.7 Å². The molecular formula is C11H14N2O. The molecule has 1 aliphatic rings. The SMILES string of the molecule is Cc1ccc(N2C(=O)CNC2C)cc1. The maximum Gasteiger partial charge on any atom is 0.242 e. The smallest absolute Gasteiger partial charge is 0.242 e. The first-order valence-electron chi connectivity index (χ1n) is 4.80. The van der Waals surface area contributed by atoms with Crippen molar-refractivity contribution in [2.45, 2.75) is 20.0 Å². The van der Waals surface area contributed by atoms with Gasteiger partial charge in [0.05, 0.1) is 12.7 Å². The number of carbonyl (C=O) groups is 1. The van der Waals surface area contributed by atoms with Gasteiger partial charge in [-0.05, 0) is 26.0 Å². The highest BCUT2D eigenvalue weighted by Gasteiger charge is 2.27. The highest BCUT2D eigenvalue weighted by molar-refractivity contribution is 5.97. The molecule has 0 spiro atoms. The molecule has 1 heterocycles. The van der Waals surface area contributed by atoms with Crippen molar-refractivity contribution >= 4 is 11.6 Å². The maximum atomic E-state index is 11.5. The number of aryl methyl sites for hydroxylation is 1. The van der Waals surface area contributed by atoms with Gasteiger partial charge >= 0.3 is 0 Å². The molecule has 0 aliphatic carbocycles. The molecule has 1 aromatic carbocycles. The van der Waals surface area contributed by atoms with Gasteiger partial charge in [0.1, 0.15) is 0 Å². The van der Waals surface area contributed by atoms with Crippen LogP contribution in [0.2, 0.25) is 0 Å². The lowest BCUT2D eigenvalue weighted by Crippen LogP contribution is -2.34. The van der Waals surface area contributed by atoms with Crippen molar-refractivity contribution < 1.29 is 4.79 Å². The Morgan fingerprint density at radius 2 is 2.00 bits per heavy atom. The number of hydrogen-bond acceptors (Lipinski definition) is 2. The second-order valence-electron chi connectivity index (χ2n) is 3.66. The Morgan fingerprint density at radius 1 is 1.36 bits per heavy atom. The van der Waals surface area contributed by atoms with E-state index in [4.69, 9.17) is 0 Å². The lowest BCUT2D eigenvalue weighted by Gasteiger charge is -2.20. The topological polar surface area (TPSA) is 32.3 Å². The van der Waals surface area contributed by atoms with E-state index in [1.807, 2.05) is 38.1 Å². The molecule has 74 valence electrons. The molecule has 1 aromatic rings. The first-order chi connectivity index (χ1) is 6.68. The predicted molar refractivity (Wildman–Crippen MR) is 56.1 cm³/mol. The molecule has 0 saturated carbocycles. The number of anilines is 1. The molecule has 0 bridgehead atoms. The Morgan fingerprint density at radius 3 is 2.50 bits per heavy atom. The molecule has 0 radical (unpaired) electrons. The zero-order valence-corrected chi connectivity index (χ0v) is 8.45. The lowest BCUT2D eigenvalue weighted by atomic mass is 10.2. The molecule has 1 saturated heterocycles. The van der Waals surface area contributed by atoms with Crippen molar-refractivity contribution in [2.75, 3.05) is 11.4 Å².